The average molecular weight is 427 g/mol. The summed E-state index contributed by atoms with van der Waals surface area (Å²) in [6.07, 6.45) is 5.73. The lowest BCUT2D eigenvalue weighted by Gasteiger charge is -2.31. The van der Waals surface area contributed by atoms with Crippen molar-refractivity contribution in [3.63, 3.8) is 0 Å². The second kappa shape index (κ2) is 10.1. The van der Waals surface area contributed by atoms with E-state index in [9.17, 15) is 21.6 Å². The fourth-order valence-electron chi connectivity index (χ4n) is 3.81. The lowest BCUT2D eigenvalue weighted by molar-refractivity contribution is -0.0496. The topological polar surface area (TPSA) is 73.8 Å². The van der Waals surface area contributed by atoms with Gasteiger partial charge in [-0.05, 0) is 50.4 Å². The summed E-state index contributed by atoms with van der Waals surface area (Å²) in [4.78, 5) is 4.67. The van der Waals surface area contributed by atoms with Gasteiger partial charge in [0.05, 0.1) is 0 Å². The molecule has 2 aliphatic rings. The molecule has 0 aromatic carbocycles. The van der Waals surface area contributed by atoms with Crippen LogP contribution in [0.4, 0.5) is 13.2 Å². The van der Waals surface area contributed by atoms with E-state index in [4.69, 9.17) is 0 Å². The van der Waals surface area contributed by atoms with Crippen LogP contribution in [0.3, 0.4) is 0 Å². The number of hydrogen-bond donors (Lipinski definition) is 2. The van der Waals surface area contributed by atoms with Crippen LogP contribution in [0.5, 0.6) is 0 Å². The van der Waals surface area contributed by atoms with Crippen LogP contribution in [0.2, 0.25) is 0 Å². The van der Waals surface area contributed by atoms with E-state index in [1.54, 1.807) is 0 Å². The number of alkyl halides is 3. The summed E-state index contributed by atoms with van der Waals surface area (Å²) in [6, 6.07) is 0. The van der Waals surface area contributed by atoms with E-state index < -0.39 is 15.5 Å². The third-order valence-corrected chi connectivity index (χ3v) is 7.38. The van der Waals surface area contributed by atoms with Gasteiger partial charge >= 0.3 is 15.5 Å². The Morgan fingerprint density at radius 2 is 1.64 bits per heavy atom. The molecule has 6 nitrogen and oxygen atoms in total. The van der Waals surface area contributed by atoms with Gasteiger partial charge in [0, 0.05) is 32.7 Å². The fraction of sp³-hybridized carbons (Fsp3) is 0.944. The number of aliphatic imine (C=N–C) groups is 1. The zero-order valence-electron chi connectivity index (χ0n) is 16.8. The number of piperidine rings is 1. The Kier molecular flexibility index (Phi) is 8.42. The van der Waals surface area contributed by atoms with Gasteiger partial charge in [0.1, 0.15) is 0 Å². The number of nitrogens with one attached hydrogen (secondary N) is 2. The van der Waals surface area contributed by atoms with Crippen molar-refractivity contribution in [3.8, 4) is 0 Å². The van der Waals surface area contributed by atoms with E-state index in [1.807, 2.05) is 6.92 Å². The summed E-state index contributed by atoms with van der Waals surface area (Å²) in [5, 5.41) is 6.48. The van der Waals surface area contributed by atoms with Crippen LogP contribution in [0.25, 0.3) is 0 Å². The van der Waals surface area contributed by atoms with Crippen LogP contribution in [0.1, 0.15) is 52.4 Å². The lowest BCUT2D eigenvalue weighted by atomic mass is 9.83. The number of nitrogens with zero attached hydrogens (tertiary/aromatic N) is 2. The Bertz CT molecular complexity index is 609. The highest BCUT2D eigenvalue weighted by atomic mass is 32.2. The molecule has 2 rings (SSSR count). The molecule has 1 heterocycles. The number of hydrogen-bond acceptors (Lipinski definition) is 3. The second-order valence-electron chi connectivity index (χ2n) is 8.02. The van der Waals surface area contributed by atoms with Gasteiger partial charge in [-0.1, -0.05) is 19.8 Å². The summed E-state index contributed by atoms with van der Waals surface area (Å²) in [7, 11) is -5.21. The normalized spacial score (nSPS) is 26.2. The second-order valence-corrected chi connectivity index (χ2v) is 9.95. The van der Waals surface area contributed by atoms with Crippen LogP contribution in [0, 0.1) is 17.8 Å². The summed E-state index contributed by atoms with van der Waals surface area (Å²) in [5.41, 5.74) is -5.22. The lowest BCUT2D eigenvalue weighted by Crippen LogP contribution is -2.47. The third kappa shape index (κ3) is 6.50. The minimum Gasteiger partial charge on any atom is -0.357 e. The smallest absolute Gasteiger partial charge is 0.357 e. The Balaban J connectivity index is 1.79. The fourth-order valence-corrected chi connectivity index (χ4v) is 4.80. The van der Waals surface area contributed by atoms with Crippen molar-refractivity contribution in [1.82, 2.24) is 14.9 Å². The monoisotopic (exact) mass is 426 g/mol. The Hall–Kier alpha value is -1.03. The predicted octanol–water partition coefficient (Wildman–Crippen LogP) is 2.93. The molecule has 0 bridgehead atoms. The number of sulfonamides is 1. The summed E-state index contributed by atoms with van der Waals surface area (Å²) >= 11 is 0. The van der Waals surface area contributed by atoms with Crippen molar-refractivity contribution in [3.05, 3.63) is 0 Å². The van der Waals surface area contributed by atoms with Gasteiger partial charge in [-0.2, -0.15) is 17.5 Å². The van der Waals surface area contributed by atoms with Gasteiger partial charge in [-0.3, -0.25) is 4.99 Å². The van der Waals surface area contributed by atoms with E-state index in [2.05, 4.69) is 22.5 Å². The molecular formula is C18H33F3N4O2S. The molecule has 0 radical (unpaired) electrons. The molecule has 1 aliphatic carbocycles. The summed E-state index contributed by atoms with van der Waals surface area (Å²) in [5.74, 6) is 2.27. The molecule has 0 unspecified atom stereocenters. The van der Waals surface area contributed by atoms with E-state index >= 15 is 0 Å². The molecule has 164 valence electrons. The molecule has 1 saturated heterocycles. The third-order valence-electron chi connectivity index (χ3n) is 5.75. The molecule has 2 N–H and O–H groups in total. The molecule has 10 heteroatoms. The first kappa shape index (κ1) is 23.3. The minimum absolute atomic E-state index is 0.0951. The van der Waals surface area contributed by atoms with Crippen LogP contribution >= 0.6 is 0 Å². The quantitative estimate of drug-likeness (QED) is 0.506. The predicted molar refractivity (Wildman–Crippen MR) is 104 cm³/mol. The van der Waals surface area contributed by atoms with Crippen molar-refractivity contribution in [2.24, 2.45) is 22.7 Å². The summed E-state index contributed by atoms with van der Waals surface area (Å²) in [6.45, 7) is 6.17. The van der Waals surface area contributed by atoms with E-state index in [1.165, 1.54) is 25.7 Å². The first-order valence-electron chi connectivity index (χ1n) is 10.2. The van der Waals surface area contributed by atoms with Crippen LogP contribution in [-0.4, -0.2) is 56.9 Å². The maximum Gasteiger partial charge on any atom is 0.511 e. The molecular weight excluding hydrogens is 393 g/mol. The van der Waals surface area contributed by atoms with Crippen LogP contribution < -0.4 is 10.6 Å². The molecule has 0 spiro atoms. The zero-order valence-corrected chi connectivity index (χ0v) is 17.6. The van der Waals surface area contributed by atoms with Crippen molar-refractivity contribution in [2.45, 2.75) is 57.9 Å². The molecule has 0 aromatic heterocycles. The number of guanidine groups is 1. The maximum atomic E-state index is 12.6. The Morgan fingerprint density at radius 1 is 1.04 bits per heavy atom. The van der Waals surface area contributed by atoms with Crippen LogP contribution in [-0.2, 0) is 10.0 Å². The molecule has 0 aromatic rings. The number of rotatable bonds is 6. The van der Waals surface area contributed by atoms with E-state index in [-0.39, 0.29) is 19.0 Å². The van der Waals surface area contributed by atoms with Crippen molar-refractivity contribution in [1.29, 1.82) is 0 Å². The standard InChI is InChI=1S/C18H33F3N4O2S/c1-3-22-17(23-12-15-6-4-14(2)5-7-15)24-13-16-8-10-25(11-9-16)28(26,27)18(19,20)21/h14-16H,3-13H2,1-2H3,(H2,22,23,24). The van der Waals surface area contributed by atoms with Gasteiger partial charge in [0.25, 0.3) is 0 Å². The first-order valence-corrected chi connectivity index (χ1v) is 11.7. The SMILES string of the molecule is CCNC(=NCC1CCC(C)CC1)NCC1CCN(S(=O)(=O)C(F)(F)F)CC1. The van der Waals surface area contributed by atoms with E-state index in [0.717, 1.165) is 25.0 Å². The molecule has 2 fully saturated rings. The van der Waals surface area contributed by atoms with Gasteiger partial charge in [-0.15, -0.1) is 0 Å². The zero-order chi connectivity index (χ0) is 20.8. The summed E-state index contributed by atoms with van der Waals surface area (Å²) < 4.78 is 61.4. The van der Waals surface area contributed by atoms with Crippen molar-refractivity contribution >= 4 is 16.0 Å². The number of halogens is 3. The highest BCUT2D eigenvalue weighted by molar-refractivity contribution is 7.90. The molecule has 0 atom stereocenters. The van der Waals surface area contributed by atoms with E-state index in [0.29, 0.717) is 29.6 Å². The van der Waals surface area contributed by atoms with Gasteiger partial charge in [0.15, 0.2) is 5.96 Å². The molecule has 28 heavy (non-hydrogen) atoms. The maximum absolute atomic E-state index is 12.6. The van der Waals surface area contributed by atoms with Gasteiger partial charge in [-0.25, -0.2) is 8.42 Å². The average Bonchev–Trinajstić information content (AvgIpc) is 2.65. The highest BCUT2D eigenvalue weighted by Crippen LogP contribution is 2.30. The van der Waals surface area contributed by atoms with Crippen molar-refractivity contribution in [2.75, 3.05) is 32.7 Å². The Morgan fingerprint density at radius 3 is 2.18 bits per heavy atom. The first-order chi connectivity index (χ1) is 13.1. The van der Waals surface area contributed by atoms with Crippen LogP contribution in [0.15, 0.2) is 4.99 Å². The molecule has 1 saturated carbocycles. The van der Waals surface area contributed by atoms with Gasteiger partial charge < -0.3 is 10.6 Å². The highest BCUT2D eigenvalue weighted by Gasteiger charge is 2.50. The van der Waals surface area contributed by atoms with Gasteiger partial charge in [0.2, 0.25) is 0 Å². The molecule has 1 aliphatic heterocycles. The largest absolute Gasteiger partial charge is 0.511 e. The van der Waals surface area contributed by atoms with Crippen molar-refractivity contribution < 1.29 is 21.6 Å². The molecule has 0 amide bonds. The minimum atomic E-state index is -5.22. The Labute approximate surface area is 166 Å².